The van der Waals surface area contributed by atoms with Gasteiger partial charge in [-0.25, -0.2) is 0 Å². The Hall–Kier alpha value is -0.590. The zero-order valence-electron chi connectivity index (χ0n) is 8.21. The maximum absolute atomic E-state index is 8.36. The van der Waals surface area contributed by atoms with Gasteiger partial charge in [0.05, 0.1) is 6.07 Å². The molecule has 3 nitrogen and oxygen atoms in total. The van der Waals surface area contributed by atoms with Crippen molar-refractivity contribution >= 4 is 0 Å². The lowest BCUT2D eigenvalue weighted by Gasteiger charge is -2.14. The summed E-state index contributed by atoms with van der Waals surface area (Å²) in [6.07, 6.45) is 4.16. The average Bonchev–Trinajstić information content (AvgIpc) is 2.60. The van der Waals surface area contributed by atoms with E-state index in [4.69, 9.17) is 11.0 Å². The quantitative estimate of drug-likeness (QED) is 0.643. The number of likely N-dealkylation sites (tertiary alicyclic amines) is 1. The Morgan fingerprint density at radius 2 is 2.31 bits per heavy atom. The van der Waals surface area contributed by atoms with Gasteiger partial charge in [-0.15, -0.1) is 0 Å². The van der Waals surface area contributed by atoms with Crippen LogP contribution in [0.3, 0.4) is 0 Å². The van der Waals surface area contributed by atoms with E-state index in [0.717, 1.165) is 31.8 Å². The molecule has 2 N–H and O–H groups in total. The lowest BCUT2D eigenvalue weighted by molar-refractivity contribution is 0.318. The Balaban J connectivity index is 2.01. The Labute approximate surface area is 80.5 Å². The molecule has 1 atom stereocenters. The molecule has 0 aromatic rings. The van der Waals surface area contributed by atoms with Gasteiger partial charge in [-0.05, 0) is 44.8 Å². The van der Waals surface area contributed by atoms with Crippen LogP contribution in [0.4, 0.5) is 0 Å². The van der Waals surface area contributed by atoms with E-state index in [1.165, 1.54) is 19.5 Å². The van der Waals surface area contributed by atoms with E-state index in [9.17, 15) is 0 Å². The van der Waals surface area contributed by atoms with Gasteiger partial charge in [-0.3, -0.25) is 0 Å². The second kappa shape index (κ2) is 5.95. The molecule has 0 aromatic carbocycles. The first-order valence-corrected chi connectivity index (χ1v) is 5.16. The second-order valence-corrected chi connectivity index (χ2v) is 3.81. The van der Waals surface area contributed by atoms with E-state index >= 15 is 0 Å². The molecule has 3 heteroatoms. The molecule has 0 aliphatic carbocycles. The summed E-state index contributed by atoms with van der Waals surface area (Å²) in [6.45, 7) is 4.35. The molecule has 74 valence electrons. The number of nitriles is 1. The minimum Gasteiger partial charge on any atom is -0.330 e. The van der Waals surface area contributed by atoms with Gasteiger partial charge in [0.15, 0.2) is 0 Å². The third kappa shape index (κ3) is 3.75. The summed E-state index contributed by atoms with van der Waals surface area (Å²) in [7, 11) is 0. The lowest BCUT2D eigenvalue weighted by atomic mass is 10.1. The number of nitrogens with zero attached hydrogens (tertiary/aromatic N) is 2. The number of hydrogen-bond donors (Lipinski definition) is 1. The maximum atomic E-state index is 8.36. The molecule has 0 aromatic heterocycles. The molecule has 1 aliphatic rings. The molecular formula is C10H19N3. The van der Waals surface area contributed by atoms with Crippen LogP contribution in [0.2, 0.25) is 0 Å². The first-order chi connectivity index (χ1) is 6.36. The van der Waals surface area contributed by atoms with Gasteiger partial charge in [0.1, 0.15) is 0 Å². The molecule has 1 fully saturated rings. The van der Waals surface area contributed by atoms with Crippen LogP contribution >= 0.6 is 0 Å². The normalized spacial score (nSPS) is 23.2. The topological polar surface area (TPSA) is 53.0 Å². The highest BCUT2D eigenvalue weighted by atomic mass is 15.1. The van der Waals surface area contributed by atoms with E-state index < -0.39 is 0 Å². The predicted octanol–water partition coefficient (Wildman–Crippen LogP) is 0.961. The molecule has 1 aliphatic heterocycles. The van der Waals surface area contributed by atoms with Crippen LogP contribution in [-0.4, -0.2) is 31.1 Å². The minimum absolute atomic E-state index is 0.703. The summed E-state index contributed by atoms with van der Waals surface area (Å²) in [5.74, 6) is 0.718. The summed E-state index contributed by atoms with van der Waals surface area (Å²) in [4.78, 5) is 2.47. The average molecular weight is 181 g/mol. The van der Waals surface area contributed by atoms with Gasteiger partial charge >= 0.3 is 0 Å². The summed E-state index contributed by atoms with van der Waals surface area (Å²) in [6, 6.07) is 2.17. The van der Waals surface area contributed by atoms with Crippen molar-refractivity contribution < 1.29 is 0 Å². The van der Waals surface area contributed by atoms with Crippen molar-refractivity contribution in [1.29, 1.82) is 5.26 Å². The maximum Gasteiger partial charge on any atom is 0.0621 e. The van der Waals surface area contributed by atoms with E-state index in [1.54, 1.807) is 0 Å². The number of hydrogen-bond acceptors (Lipinski definition) is 3. The molecule has 0 saturated carbocycles. The van der Waals surface area contributed by atoms with Gasteiger partial charge in [0.2, 0.25) is 0 Å². The van der Waals surface area contributed by atoms with Gasteiger partial charge < -0.3 is 10.6 Å². The van der Waals surface area contributed by atoms with Crippen molar-refractivity contribution in [3.8, 4) is 6.07 Å². The molecule has 0 radical (unpaired) electrons. The van der Waals surface area contributed by atoms with Crippen molar-refractivity contribution in [2.24, 2.45) is 11.7 Å². The van der Waals surface area contributed by atoms with Gasteiger partial charge in [0, 0.05) is 13.0 Å². The standard InChI is InChI=1S/C10H19N3/c11-5-2-1-3-6-13-7-4-10(8-12)9-13/h10H,1-4,6-9,12H2. The third-order valence-electron chi connectivity index (χ3n) is 2.72. The van der Waals surface area contributed by atoms with Gasteiger partial charge in [-0.2, -0.15) is 5.26 Å². The van der Waals surface area contributed by atoms with Crippen molar-refractivity contribution in [2.75, 3.05) is 26.2 Å². The summed E-state index contributed by atoms with van der Waals surface area (Å²) >= 11 is 0. The lowest BCUT2D eigenvalue weighted by Crippen LogP contribution is -2.24. The summed E-state index contributed by atoms with van der Waals surface area (Å²) in [5.41, 5.74) is 5.60. The zero-order chi connectivity index (χ0) is 9.52. The Kier molecular flexibility index (Phi) is 4.81. The highest BCUT2D eigenvalue weighted by molar-refractivity contribution is 4.76. The molecule has 1 rings (SSSR count). The van der Waals surface area contributed by atoms with Gasteiger partial charge in [-0.1, -0.05) is 0 Å². The molecule has 1 heterocycles. The second-order valence-electron chi connectivity index (χ2n) is 3.81. The van der Waals surface area contributed by atoms with Crippen molar-refractivity contribution in [1.82, 2.24) is 4.90 Å². The predicted molar refractivity (Wildman–Crippen MR) is 53.1 cm³/mol. The van der Waals surface area contributed by atoms with Crippen LogP contribution < -0.4 is 5.73 Å². The van der Waals surface area contributed by atoms with E-state index in [-0.39, 0.29) is 0 Å². The fourth-order valence-electron chi connectivity index (χ4n) is 1.85. The number of rotatable bonds is 5. The molecule has 1 saturated heterocycles. The molecule has 1 unspecified atom stereocenters. The SMILES string of the molecule is N#CCCCCN1CCC(CN)C1. The Morgan fingerprint density at radius 3 is 2.92 bits per heavy atom. The summed E-state index contributed by atoms with van der Waals surface area (Å²) < 4.78 is 0. The zero-order valence-corrected chi connectivity index (χ0v) is 8.21. The highest BCUT2D eigenvalue weighted by Gasteiger charge is 2.19. The van der Waals surface area contributed by atoms with E-state index in [0.29, 0.717) is 6.42 Å². The Morgan fingerprint density at radius 1 is 1.46 bits per heavy atom. The van der Waals surface area contributed by atoms with Crippen LogP contribution in [0.5, 0.6) is 0 Å². The van der Waals surface area contributed by atoms with E-state index in [1.807, 2.05) is 0 Å². The molecule has 13 heavy (non-hydrogen) atoms. The Bertz CT molecular complexity index is 173. The smallest absolute Gasteiger partial charge is 0.0621 e. The molecule has 0 spiro atoms. The molecule has 0 amide bonds. The monoisotopic (exact) mass is 181 g/mol. The fraction of sp³-hybridized carbons (Fsp3) is 0.900. The first-order valence-electron chi connectivity index (χ1n) is 5.16. The van der Waals surface area contributed by atoms with Crippen LogP contribution in [0.25, 0.3) is 0 Å². The largest absolute Gasteiger partial charge is 0.330 e. The highest BCUT2D eigenvalue weighted by Crippen LogP contribution is 2.15. The third-order valence-corrected chi connectivity index (χ3v) is 2.72. The van der Waals surface area contributed by atoms with Crippen molar-refractivity contribution in [3.05, 3.63) is 0 Å². The van der Waals surface area contributed by atoms with Crippen LogP contribution in [0, 0.1) is 17.2 Å². The molecule has 0 bridgehead atoms. The fourth-order valence-corrected chi connectivity index (χ4v) is 1.85. The number of nitrogens with two attached hydrogens (primary N) is 1. The first kappa shape index (κ1) is 10.5. The van der Waals surface area contributed by atoms with Crippen LogP contribution in [0.1, 0.15) is 25.7 Å². The van der Waals surface area contributed by atoms with Gasteiger partial charge in [0.25, 0.3) is 0 Å². The minimum atomic E-state index is 0.703. The molecular weight excluding hydrogens is 162 g/mol. The number of unbranched alkanes of at least 4 members (excludes halogenated alkanes) is 2. The van der Waals surface area contributed by atoms with Crippen LogP contribution in [-0.2, 0) is 0 Å². The van der Waals surface area contributed by atoms with Crippen LogP contribution in [0.15, 0.2) is 0 Å². The van der Waals surface area contributed by atoms with Crippen molar-refractivity contribution in [3.63, 3.8) is 0 Å². The van der Waals surface area contributed by atoms with Crippen molar-refractivity contribution in [2.45, 2.75) is 25.7 Å². The van der Waals surface area contributed by atoms with E-state index in [2.05, 4.69) is 11.0 Å². The summed E-state index contributed by atoms with van der Waals surface area (Å²) in [5, 5.41) is 8.36.